The van der Waals surface area contributed by atoms with E-state index in [-0.39, 0.29) is 12.3 Å². The van der Waals surface area contributed by atoms with E-state index in [1.807, 2.05) is 30.3 Å². The molecule has 1 aromatic carbocycles. The lowest BCUT2D eigenvalue weighted by atomic mass is 10.0. The third kappa shape index (κ3) is 3.52. The summed E-state index contributed by atoms with van der Waals surface area (Å²) in [7, 11) is 0. The summed E-state index contributed by atoms with van der Waals surface area (Å²) in [6.45, 7) is 0. The quantitative estimate of drug-likeness (QED) is 0.709. The average molecular weight is 375 g/mol. The largest absolute Gasteiger partial charge is 0.481 e. The number of pyridine rings is 1. The Kier molecular flexibility index (Phi) is 4.67. The van der Waals surface area contributed by atoms with Crippen molar-refractivity contribution in [1.82, 2.24) is 19.7 Å². The first-order chi connectivity index (χ1) is 13.6. The summed E-state index contributed by atoms with van der Waals surface area (Å²) in [4.78, 5) is 27.9. The van der Waals surface area contributed by atoms with Gasteiger partial charge in [-0.2, -0.15) is 0 Å². The molecule has 0 spiro atoms. The number of carbonyl (C=O) groups excluding carboxylic acids is 1. The molecule has 3 aromatic rings. The summed E-state index contributed by atoms with van der Waals surface area (Å²) < 4.78 is 1.64. The van der Waals surface area contributed by atoms with E-state index in [2.05, 4.69) is 20.5 Å². The molecule has 3 heterocycles. The van der Waals surface area contributed by atoms with E-state index in [1.165, 1.54) is 0 Å². The normalized spacial score (nSPS) is 15.1. The predicted octanol–water partition coefficient (Wildman–Crippen LogP) is 2.56. The van der Waals surface area contributed by atoms with Gasteiger partial charge in [0.2, 0.25) is 5.91 Å². The van der Waals surface area contributed by atoms with Gasteiger partial charge < -0.3 is 10.4 Å². The number of nitrogens with one attached hydrogen (secondary N) is 1. The number of fused-ring (bicyclic) bond motifs is 1. The first-order valence-corrected chi connectivity index (χ1v) is 8.76. The van der Waals surface area contributed by atoms with Crippen LogP contribution >= 0.6 is 0 Å². The molecule has 2 aromatic heterocycles. The Morgan fingerprint density at radius 2 is 1.96 bits per heavy atom. The van der Waals surface area contributed by atoms with Gasteiger partial charge in [0.15, 0.2) is 11.6 Å². The zero-order valence-corrected chi connectivity index (χ0v) is 14.8. The molecule has 8 heteroatoms. The number of carboxylic acid groups (broad SMARTS) is 1. The van der Waals surface area contributed by atoms with Gasteiger partial charge in [-0.05, 0) is 24.1 Å². The Bertz CT molecular complexity index is 1040. The number of rotatable bonds is 5. The third-order valence-electron chi connectivity index (χ3n) is 4.44. The second kappa shape index (κ2) is 7.43. The number of nitrogens with zero attached hydrogens (tertiary/aromatic N) is 4. The fraction of sp³-hybridized carbons (Fsp3) is 0.150. The number of benzene rings is 1. The Labute approximate surface area is 160 Å². The minimum atomic E-state index is -0.936. The number of aliphatic carboxylic acids is 1. The van der Waals surface area contributed by atoms with E-state index < -0.39 is 11.9 Å². The molecule has 1 unspecified atom stereocenters. The van der Waals surface area contributed by atoms with Crippen molar-refractivity contribution < 1.29 is 14.7 Å². The number of hydrogen-bond donors (Lipinski definition) is 2. The zero-order chi connectivity index (χ0) is 19.5. The maximum Gasteiger partial charge on any atom is 0.314 e. The van der Waals surface area contributed by atoms with Gasteiger partial charge in [0.1, 0.15) is 11.6 Å². The molecular formula is C20H17N5O3. The molecule has 1 amide bonds. The van der Waals surface area contributed by atoms with Crippen molar-refractivity contribution in [2.45, 2.75) is 18.8 Å². The Hall–Kier alpha value is -3.81. The summed E-state index contributed by atoms with van der Waals surface area (Å²) in [6, 6.07) is 12.9. The summed E-state index contributed by atoms with van der Waals surface area (Å²) in [6.07, 6.45) is 5.73. The summed E-state index contributed by atoms with van der Waals surface area (Å²) in [5, 5.41) is 20.3. The molecule has 0 saturated carbocycles. The molecule has 140 valence electrons. The monoisotopic (exact) mass is 375 g/mol. The van der Waals surface area contributed by atoms with Crippen LogP contribution in [0.3, 0.4) is 0 Å². The topological polar surface area (TPSA) is 110 Å². The Morgan fingerprint density at radius 1 is 1.14 bits per heavy atom. The van der Waals surface area contributed by atoms with Crippen LogP contribution in [0.2, 0.25) is 0 Å². The van der Waals surface area contributed by atoms with Crippen molar-refractivity contribution in [3.8, 4) is 11.5 Å². The molecule has 4 rings (SSSR count). The fourth-order valence-corrected chi connectivity index (χ4v) is 3.07. The summed E-state index contributed by atoms with van der Waals surface area (Å²) >= 11 is 0. The molecule has 28 heavy (non-hydrogen) atoms. The maximum atomic E-state index is 12.2. The smallest absolute Gasteiger partial charge is 0.314 e. The molecule has 0 radical (unpaired) electrons. The Morgan fingerprint density at radius 3 is 2.68 bits per heavy atom. The lowest BCUT2D eigenvalue weighted by Gasteiger charge is -2.15. The molecule has 2 N–H and O–H groups in total. The number of amides is 1. The molecule has 1 aliphatic heterocycles. The van der Waals surface area contributed by atoms with Crippen LogP contribution in [0, 0.1) is 0 Å². The number of anilines is 1. The minimum absolute atomic E-state index is 0.132. The molecule has 1 aliphatic rings. The molecule has 0 aliphatic carbocycles. The molecule has 0 saturated heterocycles. The van der Waals surface area contributed by atoms with Gasteiger partial charge in [-0.25, -0.2) is 0 Å². The molecule has 0 bridgehead atoms. The number of carboxylic acids is 1. The van der Waals surface area contributed by atoms with E-state index in [9.17, 15) is 14.7 Å². The summed E-state index contributed by atoms with van der Waals surface area (Å²) in [5.74, 6) is -0.948. The SMILES string of the molecule is O=C(Cc1ccccc1)Nc1ccc(-c2nnc3n2C=CCC3C(=O)O)nc1. The minimum Gasteiger partial charge on any atom is -0.481 e. The van der Waals surface area contributed by atoms with Crippen molar-refractivity contribution in [2.75, 3.05) is 5.32 Å². The number of allylic oxidation sites excluding steroid dienone is 1. The number of aromatic nitrogens is 4. The zero-order valence-electron chi connectivity index (χ0n) is 14.8. The molecular weight excluding hydrogens is 358 g/mol. The van der Waals surface area contributed by atoms with Crippen LogP contribution in [0.5, 0.6) is 0 Å². The van der Waals surface area contributed by atoms with Crippen molar-refractivity contribution in [3.05, 3.63) is 66.1 Å². The van der Waals surface area contributed by atoms with Crippen LogP contribution in [0.4, 0.5) is 5.69 Å². The average Bonchev–Trinajstić information content (AvgIpc) is 3.13. The highest BCUT2D eigenvalue weighted by atomic mass is 16.4. The highest BCUT2D eigenvalue weighted by Gasteiger charge is 2.28. The van der Waals surface area contributed by atoms with Gasteiger partial charge in [-0.1, -0.05) is 36.4 Å². The number of hydrogen-bond acceptors (Lipinski definition) is 5. The third-order valence-corrected chi connectivity index (χ3v) is 4.44. The van der Waals surface area contributed by atoms with Crippen LogP contribution in [0.25, 0.3) is 17.7 Å². The van der Waals surface area contributed by atoms with Crippen molar-refractivity contribution in [3.63, 3.8) is 0 Å². The van der Waals surface area contributed by atoms with E-state index >= 15 is 0 Å². The highest BCUT2D eigenvalue weighted by molar-refractivity contribution is 5.92. The van der Waals surface area contributed by atoms with E-state index in [0.717, 1.165) is 5.56 Å². The van der Waals surface area contributed by atoms with Crippen LogP contribution in [-0.4, -0.2) is 36.7 Å². The van der Waals surface area contributed by atoms with E-state index in [0.29, 0.717) is 29.5 Å². The van der Waals surface area contributed by atoms with Gasteiger partial charge in [0, 0.05) is 6.20 Å². The van der Waals surface area contributed by atoms with Gasteiger partial charge in [0.05, 0.1) is 18.3 Å². The molecule has 0 fully saturated rings. The van der Waals surface area contributed by atoms with Crippen molar-refractivity contribution in [2.24, 2.45) is 0 Å². The van der Waals surface area contributed by atoms with Crippen LogP contribution < -0.4 is 5.32 Å². The number of carbonyl (C=O) groups is 2. The predicted molar refractivity (Wildman–Crippen MR) is 102 cm³/mol. The second-order valence-corrected chi connectivity index (χ2v) is 6.41. The van der Waals surface area contributed by atoms with E-state index in [4.69, 9.17) is 0 Å². The first kappa shape index (κ1) is 17.6. The second-order valence-electron chi connectivity index (χ2n) is 6.41. The molecule has 1 atom stereocenters. The van der Waals surface area contributed by atoms with Crippen LogP contribution in [0.1, 0.15) is 23.7 Å². The lowest BCUT2D eigenvalue weighted by molar-refractivity contribution is -0.139. The highest BCUT2D eigenvalue weighted by Crippen LogP contribution is 2.28. The van der Waals surface area contributed by atoms with Crippen molar-refractivity contribution >= 4 is 23.8 Å². The van der Waals surface area contributed by atoms with Gasteiger partial charge >= 0.3 is 5.97 Å². The fourth-order valence-electron chi connectivity index (χ4n) is 3.07. The molecule has 8 nitrogen and oxygen atoms in total. The summed E-state index contributed by atoms with van der Waals surface area (Å²) in [5.41, 5.74) is 2.04. The van der Waals surface area contributed by atoms with Crippen LogP contribution in [-0.2, 0) is 16.0 Å². The van der Waals surface area contributed by atoms with Gasteiger partial charge in [-0.15, -0.1) is 10.2 Å². The standard InChI is InChI=1S/C20H17N5O3/c26-17(11-13-5-2-1-3-6-13)22-14-8-9-16(21-12-14)19-24-23-18-15(20(27)28)7-4-10-25(18)19/h1-6,8-10,12,15H,7,11H2,(H,22,26)(H,27,28). The van der Waals surface area contributed by atoms with E-state index in [1.54, 1.807) is 35.2 Å². The van der Waals surface area contributed by atoms with Gasteiger partial charge in [0.25, 0.3) is 0 Å². The maximum absolute atomic E-state index is 12.2. The first-order valence-electron chi connectivity index (χ1n) is 8.76. The van der Waals surface area contributed by atoms with Crippen LogP contribution in [0.15, 0.2) is 54.7 Å². The Balaban J connectivity index is 1.49. The lowest BCUT2D eigenvalue weighted by Crippen LogP contribution is -2.18. The van der Waals surface area contributed by atoms with Crippen molar-refractivity contribution in [1.29, 1.82) is 0 Å². The van der Waals surface area contributed by atoms with Gasteiger partial charge in [-0.3, -0.25) is 19.1 Å².